The lowest BCUT2D eigenvalue weighted by Gasteiger charge is -2.33. The van der Waals surface area contributed by atoms with Crippen LogP contribution in [0.5, 0.6) is 0 Å². The van der Waals surface area contributed by atoms with E-state index in [1.807, 2.05) is 20.8 Å². The zero-order valence-corrected chi connectivity index (χ0v) is 22.7. The monoisotopic (exact) mass is 547 g/mol. The van der Waals surface area contributed by atoms with Gasteiger partial charge in [0.05, 0.1) is 17.0 Å². The number of rotatable bonds is 8. The fourth-order valence-corrected chi connectivity index (χ4v) is 4.76. The van der Waals surface area contributed by atoms with Crippen molar-refractivity contribution in [2.75, 3.05) is 17.1 Å². The fraction of sp³-hybridized carbons (Fsp3) is 0.391. The van der Waals surface area contributed by atoms with E-state index in [4.69, 9.17) is 34.8 Å². The van der Waals surface area contributed by atoms with Gasteiger partial charge in [0.25, 0.3) is 0 Å². The highest BCUT2D eigenvalue weighted by molar-refractivity contribution is 7.92. The molecule has 0 fully saturated rings. The molecule has 0 spiro atoms. The Labute approximate surface area is 216 Å². The molecule has 11 heteroatoms. The normalized spacial score (nSPS) is 12.7. The molecule has 1 atom stereocenters. The lowest BCUT2D eigenvalue weighted by atomic mass is 10.1. The molecule has 0 aliphatic carbocycles. The molecule has 0 radical (unpaired) electrons. The van der Waals surface area contributed by atoms with Crippen LogP contribution in [0.25, 0.3) is 0 Å². The quantitative estimate of drug-likeness (QED) is 0.516. The van der Waals surface area contributed by atoms with E-state index in [1.54, 1.807) is 31.2 Å². The van der Waals surface area contributed by atoms with Crippen LogP contribution in [0.4, 0.5) is 5.69 Å². The van der Waals surface area contributed by atoms with Crippen LogP contribution in [-0.4, -0.2) is 49.5 Å². The maximum Gasteiger partial charge on any atom is 0.244 e. The van der Waals surface area contributed by atoms with Gasteiger partial charge in [-0.3, -0.25) is 13.9 Å². The van der Waals surface area contributed by atoms with Crippen LogP contribution in [0, 0.1) is 0 Å². The van der Waals surface area contributed by atoms with Crippen molar-refractivity contribution in [2.24, 2.45) is 0 Å². The van der Waals surface area contributed by atoms with Crippen molar-refractivity contribution in [3.05, 3.63) is 63.1 Å². The highest BCUT2D eigenvalue weighted by atomic mass is 35.5. The van der Waals surface area contributed by atoms with Gasteiger partial charge < -0.3 is 10.2 Å². The maximum atomic E-state index is 13.5. The lowest BCUT2D eigenvalue weighted by Crippen LogP contribution is -2.54. The minimum atomic E-state index is -3.87. The van der Waals surface area contributed by atoms with Crippen molar-refractivity contribution in [3.8, 4) is 0 Å². The molecule has 2 rings (SSSR count). The van der Waals surface area contributed by atoms with E-state index in [0.29, 0.717) is 15.6 Å². The fourth-order valence-electron chi connectivity index (χ4n) is 3.14. The molecule has 0 aromatic heterocycles. The molecule has 0 saturated heterocycles. The van der Waals surface area contributed by atoms with E-state index in [9.17, 15) is 18.0 Å². The topological polar surface area (TPSA) is 86.8 Å². The van der Waals surface area contributed by atoms with E-state index in [0.717, 1.165) is 10.6 Å². The summed E-state index contributed by atoms with van der Waals surface area (Å²) in [6, 6.07) is 10.2. The predicted molar refractivity (Wildman–Crippen MR) is 138 cm³/mol. The molecule has 2 aromatic carbocycles. The van der Waals surface area contributed by atoms with E-state index < -0.39 is 40.0 Å². The Kier molecular flexibility index (Phi) is 9.27. The van der Waals surface area contributed by atoms with Crippen LogP contribution in [0.15, 0.2) is 42.5 Å². The summed E-state index contributed by atoms with van der Waals surface area (Å²) in [5, 5.41) is 3.76. The summed E-state index contributed by atoms with van der Waals surface area (Å²) in [6.07, 6.45) is 0.986. The zero-order valence-electron chi connectivity index (χ0n) is 19.6. The number of amides is 2. The molecule has 0 aliphatic rings. The Bertz CT molecular complexity index is 1170. The Morgan fingerprint density at radius 1 is 1.03 bits per heavy atom. The van der Waals surface area contributed by atoms with Crippen LogP contribution < -0.4 is 9.62 Å². The summed E-state index contributed by atoms with van der Waals surface area (Å²) in [4.78, 5) is 27.7. The maximum absolute atomic E-state index is 13.5. The molecule has 0 bridgehead atoms. The molecule has 2 amide bonds. The summed E-state index contributed by atoms with van der Waals surface area (Å²) < 4.78 is 26.0. The molecule has 0 aliphatic heterocycles. The summed E-state index contributed by atoms with van der Waals surface area (Å²) in [5.74, 6) is -0.998. The Hall–Kier alpha value is -2.00. The van der Waals surface area contributed by atoms with Crippen LogP contribution in [0.1, 0.15) is 33.3 Å². The number of anilines is 1. The number of hydrogen-bond donors (Lipinski definition) is 1. The van der Waals surface area contributed by atoms with Crippen molar-refractivity contribution in [1.29, 1.82) is 0 Å². The Morgan fingerprint density at radius 2 is 1.65 bits per heavy atom. The van der Waals surface area contributed by atoms with Crippen molar-refractivity contribution < 1.29 is 18.0 Å². The third-order valence-electron chi connectivity index (χ3n) is 4.82. The van der Waals surface area contributed by atoms with E-state index in [-0.39, 0.29) is 17.3 Å². The van der Waals surface area contributed by atoms with Crippen molar-refractivity contribution >= 4 is 62.3 Å². The van der Waals surface area contributed by atoms with Crippen molar-refractivity contribution in [1.82, 2.24) is 10.2 Å². The van der Waals surface area contributed by atoms with Gasteiger partial charge in [-0.05, 0) is 57.5 Å². The van der Waals surface area contributed by atoms with Gasteiger partial charge >= 0.3 is 0 Å². The predicted octanol–water partition coefficient (Wildman–Crippen LogP) is 4.74. The molecular formula is C23H28Cl3N3O4S. The first-order chi connectivity index (χ1) is 15.6. The van der Waals surface area contributed by atoms with Crippen LogP contribution in [0.3, 0.4) is 0 Å². The second-order valence-electron chi connectivity index (χ2n) is 8.89. The summed E-state index contributed by atoms with van der Waals surface area (Å²) in [6.45, 7) is 6.45. The first-order valence-electron chi connectivity index (χ1n) is 10.4. The number of hydrogen-bond acceptors (Lipinski definition) is 4. The van der Waals surface area contributed by atoms with Crippen LogP contribution in [0.2, 0.25) is 15.1 Å². The molecule has 0 saturated carbocycles. The third-order valence-corrected chi connectivity index (χ3v) is 6.85. The van der Waals surface area contributed by atoms with Crippen molar-refractivity contribution in [2.45, 2.75) is 45.8 Å². The second-order valence-corrected chi connectivity index (χ2v) is 12.1. The van der Waals surface area contributed by atoms with E-state index in [1.165, 1.54) is 23.1 Å². The van der Waals surface area contributed by atoms with Gasteiger partial charge in [0.1, 0.15) is 12.6 Å². The van der Waals surface area contributed by atoms with Gasteiger partial charge in [-0.25, -0.2) is 8.42 Å². The molecule has 7 nitrogen and oxygen atoms in total. The third kappa shape index (κ3) is 7.77. The number of benzene rings is 2. The standard InChI is InChI=1S/C23H28Cl3N3O4S/c1-15(22(31)27-23(2,3)4)28(13-16-10-11-17(24)12-19(16)26)21(30)14-29(34(5,32)33)20-9-7-6-8-18(20)25/h6-12,15H,13-14H2,1-5H3,(H,27,31)/t15-/m1/s1. The number of nitrogens with zero attached hydrogens (tertiary/aromatic N) is 2. The Balaban J connectivity index is 2.46. The number of halogens is 3. The number of nitrogens with one attached hydrogen (secondary N) is 1. The van der Waals surface area contributed by atoms with Gasteiger partial charge in [0, 0.05) is 22.1 Å². The molecule has 2 aromatic rings. The van der Waals surface area contributed by atoms with Gasteiger partial charge in [0.2, 0.25) is 21.8 Å². The smallest absolute Gasteiger partial charge is 0.244 e. The zero-order chi connectivity index (χ0) is 25.8. The first-order valence-corrected chi connectivity index (χ1v) is 13.4. The van der Waals surface area contributed by atoms with E-state index >= 15 is 0 Å². The first kappa shape index (κ1) is 28.2. The van der Waals surface area contributed by atoms with Gasteiger partial charge in [-0.1, -0.05) is 53.0 Å². The summed E-state index contributed by atoms with van der Waals surface area (Å²) >= 11 is 18.5. The van der Waals surface area contributed by atoms with Crippen molar-refractivity contribution in [3.63, 3.8) is 0 Å². The molecule has 0 heterocycles. The van der Waals surface area contributed by atoms with Gasteiger partial charge in [0.15, 0.2) is 0 Å². The second kappa shape index (κ2) is 11.2. The largest absolute Gasteiger partial charge is 0.350 e. The van der Waals surface area contributed by atoms with Crippen LogP contribution in [-0.2, 0) is 26.2 Å². The van der Waals surface area contributed by atoms with Crippen LogP contribution >= 0.6 is 34.8 Å². The van der Waals surface area contributed by atoms with Gasteiger partial charge in [-0.15, -0.1) is 0 Å². The number of sulfonamides is 1. The van der Waals surface area contributed by atoms with Gasteiger partial charge in [-0.2, -0.15) is 0 Å². The minimum Gasteiger partial charge on any atom is -0.350 e. The van der Waals surface area contributed by atoms with E-state index in [2.05, 4.69) is 5.32 Å². The highest BCUT2D eigenvalue weighted by Crippen LogP contribution is 2.28. The molecule has 0 unspecified atom stereocenters. The number of para-hydroxylation sites is 1. The number of carbonyl (C=O) groups is 2. The average molecular weight is 549 g/mol. The molecule has 186 valence electrons. The molecule has 1 N–H and O–H groups in total. The highest BCUT2D eigenvalue weighted by Gasteiger charge is 2.32. The summed E-state index contributed by atoms with van der Waals surface area (Å²) in [5.41, 5.74) is 0.184. The number of carbonyl (C=O) groups excluding carboxylic acids is 2. The molecule has 34 heavy (non-hydrogen) atoms. The Morgan fingerprint density at radius 3 is 2.18 bits per heavy atom. The minimum absolute atomic E-state index is 0.0340. The average Bonchev–Trinajstić information content (AvgIpc) is 2.69. The summed E-state index contributed by atoms with van der Waals surface area (Å²) in [7, 11) is -3.87. The SMILES string of the molecule is C[C@H](C(=O)NC(C)(C)C)N(Cc1ccc(Cl)cc1Cl)C(=O)CN(c1ccccc1Cl)S(C)(=O)=O. The molecular weight excluding hydrogens is 521 g/mol. The lowest BCUT2D eigenvalue weighted by molar-refractivity contribution is -0.140.